The van der Waals surface area contributed by atoms with Crippen LogP contribution in [0.4, 0.5) is 0 Å². The molecule has 0 aliphatic carbocycles. The van der Waals surface area contributed by atoms with Crippen LogP contribution in [0, 0.1) is 0 Å². The Labute approximate surface area is 91.6 Å². The number of rotatable bonds is 4. The van der Waals surface area contributed by atoms with Crippen LogP contribution in [0.3, 0.4) is 0 Å². The predicted molar refractivity (Wildman–Crippen MR) is 61.7 cm³/mol. The zero-order chi connectivity index (χ0) is 11.5. The Morgan fingerprint density at radius 2 is 2.00 bits per heavy atom. The quantitative estimate of drug-likeness (QED) is 0.798. The molecule has 1 atom stereocenters. The van der Waals surface area contributed by atoms with Crippen molar-refractivity contribution >= 4 is 0 Å². The third kappa shape index (κ3) is 3.33. The van der Waals surface area contributed by atoms with Gasteiger partial charge in [-0.1, -0.05) is 37.6 Å². The highest BCUT2D eigenvalue weighted by Gasteiger charge is 2.25. The molecule has 0 saturated heterocycles. The normalized spacial score (nSPS) is 13.9. The lowest BCUT2D eigenvalue weighted by molar-refractivity contribution is -0.0497. The minimum atomic E-state index is -1.09. The van der Waals surface area contributed by atoms with Crippen molar-refractivity contribution in [2.45, 2.75) is 45.3 Å². The van der Waals surface area contributed by atoms with Crippen molar-refractivity contribution in [3.05, 3.63) is 35.4 Å². The lowest BCUT2D eigenvalue weighted by atomic mass is 9.93. The summed E-state index contributed by atoms with van der Waals surface area (Å²) in [6, 6.07) is 7.79. The lowest BCUT2D eigenvalue weighted by Gasteiger charge is -2.25. The molecule has 1 aromatic carbocycles. The topological polar surface area (TPSA) is 40.5 Å². The molecule has 0 amide bonds. The van der Waals surface area contributed by atoms with Gasteiger partial charge in [-0.2, -0.15) is 0 Å². The summed E-state index contributed by atoms with van der Waals surface area (Å²) < 4.78 is 0. The van der Waals surface area contributed by atoms with E-state index in [1.807, 2.05) is 24.3 Å². The second kappa shape index (κ2) is 4.77. The van der Waals surface area contributed by atoms with Crippen molar-refractivity contribution in [2.75, 3.05) is 0 Å². The Bertz CT molecular complexity index is 313. The van der Waals surface area contributed by atoms with Crippen molar-refractivity contribution in [3.8, 4) is 0 Å². The van der Waals surface area contributed by atoms with Crippen LogP contribution in [0.2, 0.25) is 0 Å². The van der Waals surface area contributed by atoms with Crippen molar-refractivity contribution < 1.29 is 10.2 Å². The first kappa shape index (κ1) is 12.2. The Morgan fingerprint density at radius 3 is 2.53 bits per heavy atom. The summed E-state index contributed by atoms with van der Waals surface area (Å²) in [6.45, 7) is 5.35. The predicted octanol–water partition coefficient (Wildman–Crippen LogP) is 2.44. The number of hydrogen-bond acceptors (Lipinski definition) is 2. The van der Waals surface area contributed by atoms with Crippen LogP contribution in [0.5, 0.6) is 0 Å². The molecule has 2 heteroatoms. The van der Waals surface area contributed by atoms with E-state index in [1.54, 1.807) is 13.8 Å². The number of hydrogen-bond donors (Lipinski definition) is 2. The number of aliphatic hydroxyl groups is 2. The number of aliphatic hydroxyl groups excluding tert-OH is 1. The van der Waals surface area contributed by atoms with E-state index in [0.717, 1.165) is 18.4 Å². The van der Waals surface area contributed by atoms with Gasteiger partial charge in [0, 0.05) is 0 Å². The zero-order valence-electron chi connectivity index (χ0n) is 9.70. The van der Waals surface area contributed by atoms with Gasteiger partial charge in [0.2, 0.25) is 0 Å². The average Bonchev–Trinajstić information content (AvgIpc) is 2.16. The molecule has 0 heterocycles. The van der Waals surface area contributed by atoms with E-state index in [4.69, 9.17) is 0 Å². The molecule has 2 nitrogen and oxygen atoms in total. The monoisotopic (exact) mass is 208 g/mol. The molecular formula is C13H20O2. The highest BCUT2D eigenvalue weighted by atomic mass is 16.3. The van der Waals surface area contributed by atoms with E-state index in [0.29, 0.717) is 0 Å². The highest BCUT2D eigenvalue weighted by Crippen LogP contribution is 2.25. The zero-order valence-corrected chi connectivity index (χ0v) is 9.70. The van der Waals surface area contributed by atoms with E-state index in [1.165, 1.54) is 5.56 Å². The first-order valence-corrected chi connectivity index (χ1v) is 5.44. The standard InChI is InChI=1S/C13H20O2/c1-4-6-10-7-5-8-11(9-10)12(14)13(2,3)15/h5,7-9,12,14-15H,4,6H2,1-3H3. The molecule has 84 valence electrons. The van der Waals surface area contributed by atoms with Gasteiger partial charge in [-0.15, -0.1) is 0 Å². The first-order chi connectivity index (χ1) is 6.95. The third-order valence-electron chi connectivity index (χ3n) is 2.47. The molecule has 0 spiro atoms. The summed E-state index contributed by atoms with van der Waals surface area (Å²) in [5, 5.41) is 19.6. The summed E-state index contributed by atoms with van der Waals surface area (Å²) in [4.78, 5) is 0. The summed E-state index contributed by atoms with van der Waals surface area (Å²) in [5.41, 5.74) is 0.900. The highest BCUT2D eigenvalue weighted by molar-refractivity contribution is 5.26. The van der Waals surface area contributed by atoms with Crippen LogP contribution in [0.1, 0.15) is 44.4 Å². The maximum absolute atomic E-state index is 9.90. The van der Waals surface area contributed by atoms with Crippen LogP contribution in [-0.2, 0) is 6.42 Å². The van der Waals surface area contributed by atoms with Gasteiger partial charge in [0.1, 0.15) is 6.10 Å². The van der Waals surface area contributed by atoms with Gasteiger partial charge in [0.15, 0.2) is 0 Å². The van der Waals surface area contributed by atoms with Crippen molar-refractivity contribution in [3.63, 3.8) is 0 Å². The second-order valence-corrected chi connectivity index (χ2v) is 4.55. The minimum Gasteiger partial charge on any atom is -0.387 e. The molecule has 1 rings (SSSR count). The largest absolute Gasteiger partial charge is 0.387 e. The van der Waals surface area contributed by atoms with Gasteiger partial charge in [0.05, 0.1) is 5.60 Å². The van der Waals surface area contributed by atoms with Crippen molar-refractivity contribution in [1.82, 2.24) is 0 Å². The fourth-order valence-corrected chi connectivity index (χ4v) is 1.62. The van der Waals surface area contributed by atoms with Crippen LogP contribution in [-0.4, -0.2) is 15.8 Å². The molecule has 1 aromatic rings. The van der Waals surface area contributed by atoms with Crippen LogP contribution in [0.15, 0.2) is 24.3 Å². The van der Waals surface area contributed by atoms with Gasteiger partial charge in [0.25, 0.3) is 0 Å². The van der Waals surface area contributed by atoms with Gasteiger partial charge < -0.3 is 10.2 Å². The number of benzene rings is 1. The molecule has 0 saturated carbocycles. The average molecular weight is 208 g/mol. The summed E-state index contributed by atoms with van der Waals surface area (Å²) in [7, 11) is 0. The molecule has 1 unspecified atom stereocenters. The molecule has 0 aliphatic rings. The van der Waals surface area contributed by atoms with E-state index in [9.17, 15) is 10.2 Å². The smallest absolute Gasteiger partial charge is 0.107 e. The fraction of sp³-hybridized carbons (Fsp3) is 0.538. The summed E-state index contributed by atoms with van der Waals surface area (Å²) in [5.74, 6) is 0. The molecule has 2 N–H and O–H groups in total. The third-order valence-corrected chi connectivity index (χ3v) is 2.47. The molecule has 0 aromatic heterocycles. The van der Waals surface area contributed by atoms with Crippen molar-refractivity contribution in [2.24, 2.45) is 0 Å². The maximum Gasteiger partial charge on any atom is 0.107 e. The molecule has 0 radical (unpaired) electrons. The molecule has 0 aliphatic heterocycles. The van der Waals surface area contributed by atoms with E-state index >= 15 is 0 Å². The number of aryl methyl sites for hydroxylation is 1. The second-order valence-electron chi connectivity index (χ2n) is 4.55. The van der Waals surface area contributed by atoms with E-state index in [-0.39, 0.29) is 0 Å². The summed E-state index contributed by atoms with van der Waals surface area (Å²) >= 11 is 0. The Hall–Kier alpha value is -0.860. The van der Waals surface area contributed by atoms with Gasteiger partial charge in [-0.25, -0.2) is 0 Å². The molecular weight excluding hydrogens is 188 g/mol. The SMILES string of the molecule is CCCc1cccc(C(O)C(C)(C)O)c1. The fourth-order valence-electron chi connectivity index (χ4n) is 1.62. The van der Waals surface area contributed by atoms with E-state index in [2.05, 4.69) is 6.92 Å². The van der Waals surface area contributed by atoms with E-state index < -0.39 is 11.7 Å². The van der Waals surface area contributed by atoms with Gasteiger partial charge in [-0.3, -0.25) is 0 Å². The molecule has 15 heavy (non-hydrogen) atoms. The van der Waals surface area contributed by atoms with Gasteiger partial charge in [-0.05, 0) is 31.4 Å². The summed E-state index contributed by atoms with van der Waals surface area (Å²) in [6.07, 6.45) is 1.27. The van der Waals surface area contributed by atoms with Crippen LogP contribution >= 0.6 is 0 Å². The van der Waals surface area contributed by atoms with Gasteiger partial charge >= 0.3 is 0 Å². The van der Waals surface area contributed by atoms with Crippen LogP contribution in [0.25, 0.3) is 0 Å². The van der Waals surface area contributed by atoms with Crippen LogP contribution < -0.4 is 0 Å². The Balaban J connectivity index is 2.90. The Morgan fingerprint density at radius 1 is 1.33 bits per heavy atom. The molecule has 0 fully saturated rings. The minimum absolute atomic E-state index is 0.786. The maximum atomic E-state index is 9.90. The Kier molecular flexibility index (Phi) is 3.89. The lowest BCUT2D eigenvalue weighted by Crippen LogP contribution is -2.28. The van der Waals surface area contributed by atoms with Crippen molar-refractivity contribution in [1.29, 1.82) is 0 Å². The first-order valence-electron chi connectivity index (χ1n) is 5.44. The molecule has 0 bridgehead atoms.